The van der Waals surface area contributed by atoms with Crippen LogP contribution in [0.4, 0.5) is 19.3 Å². The number of hydrazine groups is 1. The molecule has 0 saturated heterocycles. The van der Waals surface area contributed by atoms with Gasteiger partial charge in [0, 0.05) is 17.1 Å². The number of amidine groups is 1. The van der Waals surface area contributed by atoms with E-state index in [0.29, 0.717) is 40.5 Å². The highest BCUT2D eigenvalue weighted by Crippen LogP contribution is 2.53. The van der Waals surface area contributed by atoms with E-state index in [1.807, 2.05) is 0 Å². The van der Waals surface area contributed by atoms with E-state index >= 15 is 0 Å². The normalized spacial score (nSPS) is 21.9. The van der Waals surface area contributed by atoms with Crippen LogP contribution in [0.15, 0.2) is 41.4 Å². The molecule has 4 rings (SSSR count). The van der Waals surface area contributed by atoms with Crippen LogP contribution in [0.5, 0.6) is 0 Å². The van der Waals surface area contributed by atoms with Crippen molar-refractivity contribution in [1.29, 1.82) is 0 Å². The zero-order valence-corrected chi connectivity index (χ0v) is 17.2. The van der Waals surface area contributed by atoms with Crippen molar-refractivity contribution in [3.8, 4) is 0 Å². The monoisotopic (exact) mass is 448 g/mol. The SMILES string of the molecule is CCOC(=O)NNC1=N[C@H](c2ccc(F)c(F)c2)[C@]2(CC1)C(=O)Nc1cc(Cl)ccc12. The molecule has 2 atom stereocenters. The van der Waals surface area contributed by atoms with E-state index in [1.165, 1.54) is 6.07 Å². The van der Waals surface area contributed by atoms with Crippen molar-refractivity contribution in [1.82, 2.24) is 10.9 Å². The fraction of sp³-hybridized carbons (Fsp3) is 0.286. The molecule has 10 heteroatoms. The number of hydrogen-bond donors (Lipinski definition) is 3. The third-order valence-corrected chi connectivity index (χ3v) is 5.70. The lowest BCUT2D eigenvalue weighted by Crippen LogP contribution is -2.48. The molecule has 2 aliphatic rings. The van der Waals surface area contributed by atoms with E-state index in [0.717, 1.165) is 12.1 Å². The smallest absolute Gasteiger partial charge is 0.425 e. The first-order valence-electron chi connectivity index (χ1n) is 9.67. The number of rotatable bonds is 2. The maximum atomic E-state index is 14.1. The molecule has 31 heavy (non-hydrogen) atoms. The van der Waals surface area contributed by atoms with Gasteiger partial charge in [-0.2, -0.15) is 0 Å². The zero-order valence-electron chi connectivity index (χ0n) is 16.5. The van der Waals surface area contributed by atoms with Crippen LogP contribution in [0.3, 0.4) is 0 Å². The van der Waals surface area contributed by atoms with E-state index in [9.17, 15) is 18.4 Å². The summed E-state index contributed by atoms with van der Waals surface area (Å²) in [5, 5.41) is 3.29. The number of hydrogen-bond acceptors (Lipinski definition) is 5. The van der Waals surface area contributed by atoms with Gasteiger partial charge in [-0.1, -0.05) is 23.7 Å². The molecule has 2 aromatic carbocycles. The summed E-state index contributed by atoms with van der Waals surface area (Å²) in [6.07, 6.45) is -0.0522. The largest absolute Gasteiger partial charge is 0.449 e. The number of nitrogens with zero attached hydrogens (tertiary/aromatic N) is 1. The van der Waals surface area contributed by atoms with Gasteiger partial charge in [-0.15, -0.1) is 0 Å². The number of nitrogens with one attached hydrogen (secondary N) is 3. The van der Waals surface area contributed by atoms with Crippen LogP contribution in [-0.4, -0.2) is 24.4 Å². The van der Waals surface area contributed by atoms with Crippen molar-refractivity contribution in [2.75, 3.05) is 11.9 Å². The number of aliphatic imine (C=N–C) groups is 1. The van der Waals surface area contributed by atoms with Crippen molar-refractivity contribution < 1.29 is 23.1 Å². The third kappa shape index (κ3) is 3.69. The molecule has 2 heterocycles. The molecule has 0 bridgehead atoms. The van der Waals surface area contributed by atoms with Gasteiger partial charge in [0.1, 0.15) is 11.3 Å². The number of carbonyl (C=O) groups is 2. The van der Waals surface area contributed by atoms with Gasteiger partial charge in [-0.05, 0) is 48.7 Å². The van der Waals surface area contributed by atoms with Crippen LogP contribution in [0.25, 0.3) is 0 Å². The minimum atomic E-state index is -1.14. The molecule has 0 saturated carbocycles. The molecule has 7 nitrogen and oxygen atoms in total. The third-order valence-electron chi connectivity index (χ3n) is 5.47. The van der Waals surface area contributed by atoms with Gasteiger partial charge >= 0.3 is 6.09 Å². The fourth-order valence-electron chi connectivity index (χ4n) is 4.09. The Labute approximate surface area is 181 Å². The number of amides is 2. The Morgan fingerprint density at radius 2 is 2.10 bits per heavy atom. The molecule has 0 aromatic heterocycles. The van der Waals surface area contributed by atoms with E-state index in [1.54, 1.807) is 25.1 Å². The summed E-state index contributed by atoms with van der Waals surface area (Å²) in [5.41, 5.74) is 5.48. The lowest BCUT2D eigenvalue weighted by atomic mass is 9.68. The Hall–Kier alpha value is -3.20. The Balaban J connectivity index is 1.78. The highest BCUT2D eigenvalue weighted by atomic mass is 35.5. The van der Waals surface area contributed by atoms with Gasteiger partial charge in [0.25, 0.3) is 0 Å². The van der Waals surface area contributed by atoms with Crippen LogP contribution in [0.2, 0.25) is 5.02 Å². The number of halogens is 3. The zero-order chi connectivity index (χ0) is 22.2. The summed E-state index contributed by atoms with van der Waals surface area (Å²) in [6.45, 7) is 1.86. The summed E-state index contributed by atoms with van der Waals surface area (Å²) < 4.78 is 32.4. The average molecular weight is 449 g/mol. The minimum Gasteiger partial charge on any atom is -0.449 e. The highest BCUT2D eigenvalue weighted by Gasteiger charge is 2.54. The number of carbonyl (C=O) groups excluding carboxylic acids is 2. The summed E-state index contributed by atoms with van der Waals surface area (Å²) in [7, 11) is 0. The maximum absolute atomic E-state index is 14.1. The second-order valence-electron chi connectivity index (χ2n) is 7.24. The van der Waals surface area contributed by atoms with Crippen LogP contribution < -0.4 is 16.2 Å². The van der Waals surface area contributed by atoms with Crippen LogP contribution in [0, 0.1) is 11.6 Å². The molecule has 162 valence electrons. The predicted octanol–water partition coefficient (Wildman–Crippen LogP) is 3.99. The first-order chi connectivity index (χ1) is 14.8. The van der Waals surface area contributed by atoms with Crippen LogP contribution in [0.1, 0.15) is 36.9 Å². The molecular weight excluding hydrogens is 430 g/mol. The number of anilines is 1. The lowest BCUT2D eigenvalue weighted by Gasteiger charge is -2.38. The van der Waals surface area contributed by atoms with Gasteiger partial charge in [-0.25, -0.2) is 19.0 Å². The van der Waals surface area contributed by atoms with Crippen molar-refractivity contribution >= 4 is 35.1 Å². The summed E-state index contributed by atoms with van der Waals surface area (Å²) in [6, 6.07) is 7.63. The van der Waals surface area contributed by atoms with Crippen molar-refractivity contribution in [3.05, 3.63) is 64.2 Å². The Morgan fingerprint density at radius 3 is 2.84 bits per heavy atom. The quantitative estimate of drug-likeness (QED) is 0.606. The summed E-state index contributed by atoms with van der Waals surface area (Å²) in [4.78, 5) is 29.4. The Morgan fingerprint density at radius 1 is 1.29 bits per heavy atom. The van der Waals surface area contributed by atoms with Gasteiger partial charge < -0.3 is 10.1 Å². The number of benzene rings is 2. The summed E-state index contributed by atoms with van der Waals surface area (Å²) >= 11 is 6.08. The first kappa shape index (κ1) is 21.0. The highest BCUT2D eigenvalue weighted by molar-refractivity contribution is 6.31. The van der Waals surface area contributed by atoms with Crippen molar-refractivity contribution in [2.24, 2.45) is 4.99 Å². The summed E-state index contributed by atoms with van der Waals surface area (Å²) in [5.74, 6) is -1.96. The number of ether oxygens (including phenoxy) is 1. The molecular formula is C21H19ClF2N4O3. The van der Waals surface area contributed by atoms with Gasteiger partial charge in [0.2, 0.25) is 5.91 Å². The predicted molar refractivity (Wildman–Crippen MR) is 111 cm³/mol. The van der Waals surface area contributed by atoms with Crippen molar-refractivity contribution in [3.63, 3.8) is 0 Å². The molecule has 1 spiro atoms. The fourth-order valence-corrected chi connectivity index (χ4v) is 4.27. The minimum absolute atomic E-state index is 0.195. The van der Waals surface area contributed by atoms with Gasteiger partial charge in [0.05, 0.1) is 12.6 Å². The van der Waals surface area contributed by atoms with Crippen molar-refractivity contribution in [2.45, 2.75) is 31.2 Å². The Bertz CT molecular complexity index is 1090. The molecule has 0 fully saturated rings. The molecule has 0 radical (unpaired) electrons. The Kier molecular flexibility index (Phi) is 5.53. The first-order valence-corrected chi connectivity index (χ1v) is 10.0. The molecule has 2 amide bonds. The topological polar surface area (TPSA) is 91.8 Å². The van der Waals surface area contributed by atoms with Gasteiger partial charge in [-0.3, -0.25) is 15.2 Å². The molecule has 0 unspecified atom stereocenters. The molecule has 2 aromatic rings. The van der Waals surface area contributed by atoms with E-state index in [2.05, 4.69) is 21.2 Å². The molecule has 3 N–H and O–H groups in total. The average Bonchev–Trinajstić information content (AvgIpc) is 3.00. The van der Waals surface area contributed by atoms with E-state index < -0.39 is 29.2 Å². The molecule has 2 aliphatic heterocycles. The lowest BCUT2D eigenvalue weighted by molar-refractivity contribution is -0.122. The maximum Gasteiger partial charge on any atom is 0.425 e. The van der Waals surface area contributed by atoms with Crippen LogP contribution in [-0.2, 0) is 14.9 Å². The van der Waals surface area contributed by atoms with Gasteiger partial charge in [0.15, 0.2) is 11.6 Å². The second-order valence-corrected chi connectivity index (χ2v) is 7.67. The molecule has 0 aliphatic carbocycles. The van der Waals surface area contributed by atoms with Crippen LogP contribution >= 0.6 is 11.6 Å². The van der Waals surface area contributed by atoms with E-state index in [-0.39, 0.29) is 12.5 Å². The second kappa shape index (κ2) is 8.14. The van der Waals surface area contributed by atoms with E-state index in [4.69, 9.17) is 16.3 Å². The number of fused-ring (bicyclic) bond motifs is 2. The standard InChI is InChI=1S/C21H19ClF2N4O3/c1-2-31-20(30)28-27-17-7-8-21(13-5-4-12(22)10-16(13)25-19(21)29)18(26-17)11-3-6-14(23)15(24)9-11/h3-6,9-10,18H,2,7-8H2,1H3,(H,25,29)(H,26,27)(H,28,30)/t18-,21-/m1/s1.